The number of hydrazine groups is 1. The third-order valence-electron chi connectivity index (χ3n) is 3.99. The van der Waals surface area contributed by atoms with Crippen molar-refractivity contribution in [3.8, 4) is 0 Å². The second-order valence-corrected chi connectivity index (χ2v) is 5.99. The maximum atomic E-state index is 5.78. The highest BCUT2D eigenvalue weighted by molar-refractivity contribution is 5.54. The minimum Gasteiger partial charge on any atom is -0.403 e. The Morgan fingerprint density at radius 2 is 2.12 bits per heavy atom. The summed E-state index contributed by atoms with van der Waals surface area (Å²) in [7, 11) is 2.11. The molecule has 24 heavy (non-hydrogen) atoms. The highest BCUT2D eigenvalue weighted by atomic mass is 15.4. The van der Waals surface area contributed by atoms with E-state index in [0.717, 1.165) is 36.5 Å². The molecule has 0 radical (unpaired) electrons. The average molecular weight is 325 g/mol. The number of likely N-dealkylation sites (N-methyl/N-ethyl adjacent to an activating group) is 1. The quantitative estimate of drug-likeness (QED) is 0.563. The molecule has 1 aliphatic rings. The molecule has 126 valence electrons. The van der Waals surface area contributed by atoms with Gasteiger partial charge in [0, 0.05) is 37.4 Å². The molecule has 3 rings (SSSR count). The first kappa shape index (κ1) is 16.2. The van der Waals surface area contributed by atoms with Crippen LogP contribution in [0.15, 0.2) is 42.9 Å². The second-order valence-electron chi connectivity index (χ2n) is 5.99. The standard InChI is InChI=1S/C17H23N7/c1-23-8-6-14-10-20-17(22-16(14)12-23)21-15-4-2-13(3-5-15)11-24(19)9-7-18/h2-5,7,9-10H,6,8,11-12,18-19H2,1H3,(H,20,21,22)/b9-7-. The van der Waals surface area contributed by atoms with Crippen LogP contribution in [0.2, 0.25) is 0 Å². The maximum absolute atomic E-state index is 5.78. The molecule has 0 saturated carbocycles. The first-order valence-corrected chi connectivity index (χ1v) is 7.93. The molecule has 0 amide bonds. The molecule has 0 saturated heterocycles. The summed E-state index contributed by atoms with van der Waals surface area (Å²) in [5.74, 6) is 6.41. The van der Waals surface area contributed by atoms with Crippen LogP contribution in [-0.4, -0.2) is 33.5 Å². The lowest BCUT2D eigenvalue weighted by molar-refractivity contribution is 0.307. The monoisotopic (exact) mass is 325 g/mol. The van der Waals surface area contributed by atoms with Gasteiger partial charge in [-0.05, 0) is 36.7 Å². The van der Waals surface area contributed by atoms with E-state index in [0.29, 0.717) is 12.5 Å². The van der Waals surface area contributed by atoms with Crippen molar-refractivity contribution >= 4 is 11.6 Å². The molecule has 2 heterocycles. The van der Waals surface area contributed by atoms with Crippen molar-refractivity contribution in [2.24, 2.45) is 11.6 Å². The topological polar surface area (TPSA) is 96.3 Å². The zero-order valence-corrected chi connectivity index (χ0v) is 13.8. The summed E-state index contributed by atoms with van der Waals surface area (Å²) in [6, 6.07) is 8.01. The number of aromatic nitrogens is 2. The Morgan fingerprint density at radius 3 is 2.88 bits per heavy atom. The minimum absolute atomic E-state index is 0.593. The molecule has 1 aromatic heterocycles. The first-order valence-electron chi connectivity index (χ1n) is 7.93. The molecule has 0 aliphatic carbocycles. The predicted octanol–water partition coefficient (Wildman–Crippen LogP) is 1.31. The zero-order valence-electron chi connectivity index (χ0n) is 13.8. The zero-order chi connectivity index (χ0) is 16.9. The van der Waals surface area contributed by atoms with Crippen LogP contribution in [0, 0.1) is 0 Å². The van der Waals surface area contributed by atoms with E-state index in [-0.39, 0.29) is 0 Å². The average Bonchev–Trinajstić information content (AvgIpc) is 2.56. The SMILES string of the molecule is CN1CCc2cnc(Nc3ccc(CN(N)/C=C\N)cc3)nc2C1. The number of nitrogens with one attached hydrogen (secondary N) is 1. The lowest BCUT2D eigenvalue weighted by atomic mass is 10.1. The van der Waals surface area contributed by atoms with Crippen LogP contribution in [-0.2, 0) is 19.5 Å². The van der Waals surface area contributed by atoms with E-state index in [4.69, 9.17) is 11.6 Å². The molecule has 0 bridgehead atoms. The molecule has 7 heteroatoms. The first-order chi connectivity index (χ1) is 11.6. The van der Waals surface area contributed by atoms with E-state index in [1.165, 1.54) is 16.8 Å². The summed E-state index contributed by atoms with van der Waals surface area (Å²) >= 11 is 0. The lowest BCUT2D eigenvalue weighted by Crippen LogP contribution is -2.27. The van der Waals surface area contributed by atoms with Gasteiger partial charge in [-0.25, -0.2) is 15.8 Å². The molecule has 0 spiro atoms. The van der Waals surface area contributed by atoms with Gasteiger partial charge in [0.05, 0.1) is 12.2 Å². The smallest absolute Gasteiger partial charge is 0.227 e. The second kappa shape index (κ2) is 7.29. The van der Waals surface area contributed by atoms with Crippen molar-refractivity contribution in [2.75, 3.05) is 18.9 Å². The number of benzene rings is 1. The number of nitrogens with two attached hydrogens (primary N) is 2. The summed E-state index contributed by atoms with van der Waals surface area (Å²) in [6.45, 7) is 2.52. The summed E-state index contributed by atoms with van der Waals surface area (Å²) in [5.41, 5.74) is 9.70. The molecule has 0 fully saturated rings. The van der Waals surface area contributed by atoms with Crippen molar-refractivity contribution in [1.29, 1.82) is 0 Å². The summed E-state index contributed by atoms with van der Waals surface area (Å²) in [6.07, 6.45) is 5.98. The van der Waals surface area contributed by atoms with Crippen LogP contribution in [0.1, 0.15) is 16.8 Å². The molecular weight excluding hydrogens is 302 g/mol. The molecule has 1 aliphatic heterocycles. The molecule has 5 N–H and O–H groups in total. The van der Waals surface area contributed by atoms with Gasteiger partial charge < -0.3 is 21.0 Å². The largest absolute Gasteiger partial charge is 0.403 e. The predicted molar refractivity (Wildman–Crippen MR) is 94.9 cm³/mol. The molecule has 7 nitrogen and oxygen atoms in total. The van der Waals surface area contributed by atoms with Crippen molar-refractivity contribution in [3.63, 3.8) is 0 Å². The van der Waals surface area contributed by atoms with Crippen LogP contribution in [0.3, 0.4) is 0 Å². The third-order valence-corrected chi connectivity index (χ3v) is 3.99. The molecular formula is C17H23N7. The highest BCUT2D eigenvalue weighted by Crippen LogP contribution is 2.19. The minimum atomic E-state index is 0.593. The molecule has 0 atom stereocenters. The highest BCUT2D eigenvalue weighted by Gasteiger charge is 2.15. The van der Waals surface area contributed by atoms with Crippen LogP contribution in [0.4, 0.5) is 11.6 Å². The van der Waals surface area contributed by atoms with E-state index in [1.54, 1.807) is 6.20 Å². The summed E-state index contributed by atoms with van der Waals surface area (Å²) in [5, 5.41) is 4.79. The normalized spacial score (nSPS) is 14.6. The fourth-order valence-electron chi connectivity index (χ4n) is 2.69. The molecule has 0 unspecified atom stereocenters. The Balaban J connectivity index is 1.67. The van der Waals surface area contributed by atoms with Crippen molar-refractivity contribution in [2.45, 2.75) is 19.5 Å². The van der Waals surface area contributed by atoms with E-state index in [1.807, 2.05) is 30.5 Å². The Labute approximate surface area is 142 Å². The van der Waals surface area contributed by atoms with Gasteiger partial charge in [-0.1, -0.05) is 12.1 Å². The Hall–Kier alpha value is -2.64. The fourth-order valence-corrected chi connectivity index (χ4v) is 2.69. The van der Waals surface area contributed by atoms with Crippen LogP contribution < -0.4 is 16.9 Å². The van der Waals surface area contributed by atoms with Crippen LogP contribution >= 0.6 is 0 Å². The van der Waals surface area contributed by atoms with Gasteiger partial charge in [0.1, 0.15) is 0 Å². The van der Waals surface area contributed by atoms with Crippen LogP contribution in [0.25, 0.3) is 0 Å². The van der Waals surface area contributed by atoms with E-state index >= 15 is 0 Å². The van der Waals surface area contributed by atoms with Crippen molar-refractivity contribution in [3.05, 3.63) is 59.7 Å². The number of nitrogens with zero attached hydrogens (tertiary/aromatic N) is 4. The molecule has 2 aromatic rings. The summed E-state index contributed by atoms with van der Waals surface area (Å²) < 4.78 is 0. The number of hydrogen-bond donors (Lipinski definition) is 3. The Bertz CT molecular complexity index is 711. The fraction of sp³-hybridized carbons (Fsp3) is 0.294. The van der Waals surface area contributed by atoms with E-state index < -0.39 is 0 Å². The lowest BCUT2D eigenvalue weighted by Gasteiger charge is -2.23. The summed E-state index contributed by atoms with van der Waals surface area (Å²) in [4.78, 5) is 11.3. The van der Waals surface area contributed by atoms with Gasteiger partial charge in [0.2, 0.25) is 5.95 Å². The number of fused-ring (bicyclic) bond motifs is 1. The Kier molecular flexibility index (Phi) is 4.93. The van der Waals surface area contributed by atoms with Gasteiger partial charge in [-0.15, -0.1) is 0 Å². The van der Waals surface area contributed by atoms with Crippen molar-refractivity contribution < 1.29 is 0 Å². The van der Waals surface area contributed by atoms with E-state index in [2.05, 4.69) is 27.2 Å². The third kappa shape index (κ3) is 4.01. The maximum Gasteiger partial charge on any atom is 0.227 e. The van der Waals surface area contributed by atoms with Gasteiger partial charge in [0.15, 0.2) is 0 Å². The van der Waals surface area contributed by atoms with Crippen molar-refractivity contribution in [1.82, 2.24) is 19.9 Å². The number of hydrogen-bond acceptors (Lipinski definition) is 7. The molecule has 1 aromatic carbocycles. The Morgan fingerprint density at radius 1 is 1.33 bits per heavy atom. The number of anilines is 2. The van der Waals surface area contributed by atoms with Gasteiger partial charge in [-0.3, -0.25) is 0 Å². The van der Waals surface area contributed by atoms with Gasteiger partial charge in [0.25, 0.3) is 0 Å². The van der Waals surface area contributed by atoms with Crippen LogP contribution in [0.5, 0.6) is 0 Å². The number of rotatable bonds is 5. The van der Waals surface area contributed by atoms with Gasteiger partial charge in [-0.2, -0.15) is 0 Å². The van der Waals surface area contributed by atoms with E-state index in [9.17, 15) is 0 Å². The van der Waals surface area contributed by atoms with Gasteiger partial charge >= 0.3 is 0 Å².